The molecule has 1 heterocycles. The van der Waals surface area contributed by atoms with Crippen molar-refractivity contribution in [2.24, 2.45) is 23.7 Å². The lowest BCUT2D eigenvalue weighted by molar-refractivity contribution is -0.288. The first-order valence-corrected chi connectivity index (χ1v) is 19.2. The molecule has 306 valence electrons. The number of allylic oxidation sites excluding steroid dienone is 1. The van der Waals surface area contributed by atoms with Gasteiger partial charge in [-0.15, -0.1) is 0 Å². The van der Waals surface area contributed by atoms with Crippen molar-refractivity contribution in [2.75, 3.05) is 20.8 Å². The number of esters is 5. The number of hydrogen-bond donors (Lipinski definition) is 0. The third-order valence-electron chi connectivity index (χ3n) is 10.9. The predicted octanol–water partition coefficient (Wildman–Crippen LogP) is 5.73. The lowest BCUT2D eigenvalue weighted by atomic mass is 9.54. The highest BCUT2D eigenvalue weighted by atomic mass is 16.7. The molecular formula is C43H50O14. The number of carbonyl (C=O) groups excluding carboxylic acids is 5. The number of rotatable bonds is 14. The summed E-state index contributed by atoms with van der Waals surface area (Å²) in [6.45, 7) is 4.42. The molecule has 57 heavy (non-hydrogen) atoms. The summed E-state index contributed by atoms with van der Waals surface area (Å²) in [6.07, 6.45) is 2.64. The van der Waals surface area contributed by atoms with Crippen molar-refractivity contribution < 1.29 is 66.6 Å². The zero-order valence-corrected chi connectivity index (χ0v) is 33.1. The second kappa shape index (κ2) is 18.3. The van der Waals surface area contributed by atoms with Crippen LogP contribution < -0.4 is 9.47 Å². The molecule has 4 aliphatic carbocycles. The van der Waals surface area contributed by atoms with Crippen LogP contribution in [0, 0.1) is 23.7 Å². The summed E-state index contributed by atoms with van der Waals surface area (Å²) in [4.78, 5) is 60.2. The summed E-state index contributed by atoms with van der Waals surface area (Å²) in [7, 11) is 3.04. The maximum Gasteiger partial charge on any atom is 0.330 e. The van der Waals surface area contributed by atoms with Gasteiger partial charge in [-0.1, -0.05) is 24.3 Å². The fourth-order valence-corrected chi connectivity index (χ4v) is 8.87. The first-order chi connectivity index (χ1) is 27.3. The van der Waals surface area contributed by atoms with E-state index in [0.29, 0.717) is 23.1 Å². The van der Waals surface area contributed by atoms with Gasteiger partial charge in [0.1, 0.15) is 36.6 Å². The molecular weight excluding hydrogens is 740 g/mol. The molecule has 7 rings (SSSR count). The molecule has 2 aromatic carbocycles. The molecule has 0 aromatic heterocycles. The number of carbonyl (C=O) groups is 5. The number of methoxy groups -OCH3 is 2. The third-order valence-corrected chi connectivity index (χ3v) is 10.9. The summed E-state index contributed by atoms with van der Waals surface area (Å²) >= 11 is 0. The summed E-state index contributed by atoms with van der Waals surface area (Å²) < 4.78 is 51.1. The second-order valence-corrected chi connectivity index (χ2v) is 15.0. The smallest absolute Gasteiger partial charge is 0.330 e. The Morgan fingerprint density at radius 3 is 1.91 bits per heavy atom. The van der Waals surface area contributed by atoms with Gasteiger partial charge in [0.2, 0.25) is 12.4 Å². The van der Waals surface area contributed by atoms with Crippen LogP contribution in [0.25, 0.3) is 11.8 Å². The zero-order chi connectivity index (χ0) is 40.8. The van der Waals surface area contributed by atoms with Gasteiger partial charge in [0.05, 0.1) is 14.2 Å². The number of ether oxygens (including phenoxy) is 9. The molecule has 0 amide bonds. The van der Waals surface area contributed by atoms with Crippen LogP contribution in [0.15, 0.2) is 54.1 Å². The highest BCUT2D eigenvalue weighted by Crippen LogP contribution is 2.58. The van der Waals surface area contributed by atoms with Gasteiger partial charge in [-0.2, -0.15) is 0 Å². The maximum atomic E-state index is 12.2. The van der Waals surface area contributed by atoms with Crippen molar-refractivity contribution >= 4 is 41.7 Å². The first kappa shape index (κ1) is 41.3. The van der Waals surface area contributed by atoms with Gasteiger partial charge in [-0.25, -0.2) is 4.79 Å². The van der Waals surface area contributed by atoms with Crippen molar-refractivity contribution in [3.63, 3.8) is 0 Å². The Labute approximate surface area is 331 Å². The van der Waals surface area contributed by atoms with Crippen LogP contribution in [0.1, 0.15) is 76.5 Å². The summed E-state index contributed by atoms with van der Waals surface area (Å²) in [6, 6.07) is 12.7. The Hall–Kier alpha value is -5.37. The van der Waals surface area contributed by atoms with E-state index >= 15 is 0 Å². The third kappa shape index (κ3) is 10.1. The molecule has 0 spiro atoms. The van der Waals surface area contributed by atoms with Gasteiger partial charge >= 0.3 is 29.8 Å². The SMILES string of the molecule is COC(=O)/C=C/c1ccc(C(OC)=C2C3CC4CC(C3)CC2C4)cc1OCc1ccc(O[C@@H]2OC(COC(C)=O)[C@H](OC(C)=O)C(OC(C)=O)[C@@H]2OC(C)=O)cc1. The topological polar surface area (TPSA) is 168 Å². The Bertz CT molecular complexity index is 1850. The predicted molar refractivity (Wildman–Crippen MR) is 202 cm³/mol. The largest absolute Gasteiger partial charge is 0.496 e. The first-order valence-electron chi connectivity index (χ1n) is 19.2. The molecule has 14 heteroatoms. The Balaban J connectivity index is 1.22. The van der Waals surface area contributed by atoms with Gasteiger partial charge in [0.15, 0.2) is 12.2 Å². The number of benzene rings is 2. The maximum absolute atomic E-state index is 12.2. The highest BCUT2D eigenvalue weighted by Gasteiger charge is 2.53. The van der Waals surface area contributed by atoms with Crippen molar-refractivity contribution in [3.8, 4) is 11.5 Å². The van der Waals surface area contributed by atoms with Crippen LogP contribution in [0.3, 0.4) is 0 Å². The van der Waals surface area contributed by atoms with Crippen molar-refractivity contribution in [1.29, 1.82) is 0 Å². The molecule has 2 unspecified atom stereocenters. The Kier molecular flexibility index (Phi) is 13.2. The van der Waals surface area contributed by atoms with Crippen LogP contribution in [0.4, 0.5) is 0 Å². The molecule has 14 nitrogen and oxygen atoms in total. The molecule has 5 atom stereocenters. The average Bonchev–Trinajstić information content (AvgIpc) is 3.16. The number of hydrogen-bond acceptors (Lipinski definition) is 14. The molecule has 2 aromatic rings. The van der Waals surface area contributed by atoms with Crippen molar-refractivity contribution in [3.05, 3.63) is 70.8 Å². The van der Waals surface area contributed by atoms with E-state index in [1.54, 1.807) is 37.5 Å². The van der Waals surface area contributed by atoms with Crippen molar-refractivity contribution in [2.45, 2.75) is 97.1 Å². The van der Waals surface area contributed by atoms with E-state index in [2.05, 4.69) is 0 Å². The molecule has 4 saturated carbocycles. The van der Waals surface area contributed by atoms with E-state index in [4.69, 9.17) is 42.6 Å². The van der Waals surface area contributed by atoms with Crippen LogP contribution in [0.2, 0.25) is 0 Å². The van der Waals surface area contributed by atoms with Crippen LogP contribution in [-0.2, 0) is 63.7 Å². The van der Waals surface area contributed by atoms with Gasteiger partial charge < -0.3 is 42.6 Å². The van der Waals surface area contributed by atoms with E-state index in [1.807, 2.05) is 18.2 Å². The molecule has 0 N–H and O–H groups in total. The Morgan fingerprint density at radius 1 is 0.719 bits per heavy atom. The monoisotopic (exact) mass is 790 g/mol. The molecule has 0 radical (unpaired) electrons. The minimum absolute atomic E-state index is 0.148. The van der Waals surface area contributed by atoms with E-state index < -0.39 is 60.6 Å². The quantitative estimate of drug-likeness (QED) is 0.0985. The lowest BCUT2D eigenvalue weighted by Crippen LogP contribution is -2.63. The van der Waals surface area contributed by atoms with Gasteiger partial charge in [-0.3, -0.25) is 19.2 Å². The molecule has 5 fully saturated rings. The average molecular weight is 791 g/mol. The normalized spacial score (nSPS) is 27.3. The highest BCUT2D eigenvalue weighted by molar-refractivity contribution is 5.87. The fraction of sp³-hybridized carbons (Fsp3) is 0.512. The van der Waals surface area contributed by atoms with Crippen LogP contribution in [0.5, 0.6) is 11.5 Å². The minimum Gasteiger partial charge on any atom is -0.496 e. The van der Waals surface area contributed by atoms with Crippen LogP contribution in [-0.4, -0.2) is 81.4 Å². The van der Waals surface area contributed by atoms with Gasteiger partial charge in [-0.05, 0) is 91.2 Å². The van der Waals surface area contributed by atoms with Gasteiger partial charge in [0, 0.05) is 44.9 Å². The molecule has 4 bridgehead atoms. The fourth-order valence-electron chi connectivity index (χ4n) is 8.87. The lowest BCUT2D eigenvalue weighted by Gasteiger charge is -2.51. The van der Waals surface area contributed by atoms with E-state index in [1.165, 1.54) is 57.8 Å². The Morgan fingerprint density at radius 2 is 1.33 bits per heavy atom. The summed E-state index contributed by atoms with van der Waals surface area (Å²) in [5, 5.41) is 0. The molecule has 1 aliphatic heterocycles. The van der Waals surface area contributed by atoms with Gasteiger partial charge in [0.25, 0.3) is 0 Å². The standard InChI is InChI=1S/C43H50O14/c1-23(44)51-22-36-40(53-24(2)45)41(54-25(3)46)42(55-26(4)47)43(57-36)56-34-12-7-27(8-13-34)21-52-35-20-31(10-9-30(35)11-14-37(48)49-5)39(50-6)38-32-16-28-15-29(18-32)19-33(38)17-28/h7-14,20,28-29,32-33,36,40-43H,15-19,21-22H2,1-6H3/b14-11+,39-38?/t28?,29?,32?,33?,36?,40-,41?,42-,43+/m0/s1. The molecule has 5 aliphatic rings. The van der Waals surface area contributed by atoms with E-state index in [-0.39, 0.29) is 19.0 Å². The zero-order valence-electron chi connectivity index (χ0n) is 33.1. The van der Waals surface area contributed by atoms with E-state index in [9.17, 15) is 24.0 Å². The molecule has 1 saturated heterocycles. The van der Waals surface area contributed by atoms with Crippen LogP contribution >= 0.6 is 0 Å². The van der Waals surface area contributed by atoms with E-state index in [0.717, 1.165) is 49.5 Å². The second-order valence-electron chi connectivity index (χ2n) is 15.0. The summed E-state index contributed by atoms with van der Waals surface area (Å²) in [5.41, 5.74) is 3.78. The minimum atomic E-state index is -1.38. The van der Waals surface area contributed by atoms with Crippen molar-refractivity contribution in [1.82, 2.24) is 0 Å². The summed E-state index contributed by atoms with van der Waals surface area (Å²) in [5.74, 6) is 1.08.